The molecule has 1 aromatic carbocycles. The summed E-state index contributed by atoms with van der Waals surface area (Å²) >= 11 is 1.64. The van der Waals surface area contributed by atoms with E-state index in [0.29, 0.717) is 3.63 Å². The number of benzene rings is 1. The van der Waals surface area contributed by atoms with Crippen LogP contribution >= 0.6 is 0 Å². The van der Waals surface area contributed by atoms with Crippen molar-refractivity contribution < 1.29 is 49.5 Å². The molecule has 3 heteroatoms. The van der Waals surface area contributed by atoms with Crippen LogP contribution in [0, 0.1) is 11.8 Å². The van der Waals surface area contributed by atoms with Gasteiger partial charge in [0.15, 0.2) is 0 Å². The van der Waals surface area contributed by atoms with E-state index in [0.717, 1.165) is 11.8 Å². The molecule has 3 atom stereocenters. The van der Waals surface area contributed by atoms with Crippen LogP contribution in [0.2, 0.25) is 0 Å². The van der Waals surface area contributed by atoms with Gasteiger partial charge in [-0.15, -0.1) is 0 Å². The van der Waals surface area contributed by atoms with E-state index in [-0.39, 0.29) is 24.8 Å². The van der Waals surface area contributed by atoms with Crippen molar-refractivity contribution >= 4 is 6.08 Å². The Morgan fingerprint density at radius 1 is 1.20 bits per heavy atom. The molecule has 0 spiro atoms. The van der Waals surface area contributed by atoms with Gasteiger partial charge in [0.25, 0.3) is 0 Å². The van der Waals surface area contributed by atoms with Crippen molar-refractivity contribution in [2.45, 2.75) is 29.8 Å². The van der Waals surface area contributed by atoms with Gasteiger partial charge in [-0.25, -0.2) is 0 Å². The second kappa shape index (κ2) is 7.97. The monoisotopic (exact) mass is 383 g/mol. The molecule has 0 nitrogen and oxygen atoms in total. The maximum Gasteiger partial charge on any atom is -1.00 e. The van der Waals surface area contributed by atoms with E-state index in [1.54, 1.807) is 35.9 Å². The quantitative estimate of drug-likeness (QED) is 0.554. The summed E-state index contributed by atoms with van der Waals surface area (Å²) in [5.74, 6) is 1.62. The van der Waals surface area contributed by atoms with Gasteiger partial charge in [0, 0.05) is 0 Å². The first-order valence-corrected chi connectivity index (χ1v) is 8.35. The van der Waals surface area contributed by atoms with Crippen molar-refractivity contribution in [1.29, 1.82) is 0 Å². The van der Waals surface area contributed by atoms with E-state index >= 15 is 0 Å². The van der Waals surface area contributed by atoms with Crippen LogP contribution in [0.5, 0.6) is 0 Å². The molecule has 20 heavy (non-hydrogen) atoms. The van der Waals surface area contributed by atoms with Gasteiger partial charge in [-0.3, -0.25) is 0 Å². The molecule has 105 valence electrons. The molecular weight excluding hydrogens is 366 g/mol. The molecule has 1 aromatic rings. The molecule has 0 heterocycles. The summed E-state index contributed by atoms with van der Waals surface area (Å²) in [4.78, 5) is 0. The van der Waals surface area contributed by atoms with Gasteiger partial charge in [0.05, 0.1) is 0 Å². The molecule has 0 bridgehead atoms. The Bertz CT molecular complexity index is 507. The van der Waals surface area contributed by atoms with E-state index in [4.69, 9.17) is 0 Å². The van der Waals surface area contributed by atoms with Crippen LogP contribution in [-0.4, -0.2) is 0 Å². The number of fused-ring (bicyclic) bond motifs is 1. The third-order valence-electron chi connectivity index (χ3n) is 4.39. The Balaban J connectivity index is 0.000001000. The van der Waals surface area contributed by atoms with Crippen LogP contribution in [0.25, 0.3) is 6.08 Å². The van der Waals surface area contributed by atoms with Crippen molar-refractivity contribution in [1.82, 2.24) is 0 Å². The molecule has 0 fully saturated rings. The van der Waals surface area contributed by atoms with Crippen LogP contribution in [0.1, 0.15) is 40.9 Å². The normalized spacial score (nSPS) is 27.1. The molecule has 0 aromatic heterocycles. The Labute approximate surface area is 149 Å². The minimum atomic E-state index is 0. The molecule has 0 saturated heterocycles. The Morgan fingerprint density at radius 3 is 2.65 bits per heavy atom. The van der Waals surface area contributed by atoms with Gasteiger partial charge in [-0.2, -0.15) is 0 Å². The maximum absolute atomic E-state index is 2.46. The molecular formula is C17H19Cl2Zr. The van der Waals surface area contributed by atoms with Gasteiger partial charge >= 0.3 is 126 Å². The van der Waals surface area contributed by atoms with Crippen molar-refractivity contribution in [2.24, 2.45) is 11.8 Å². The summed E-state index contributed by atoms with van der Waals surface area (Å²) in [5.41, 5.74) is 4.68. The summed E-state index contributed by atoms with van der Waals surface area (Å²) < 4.78 is 0.705. The molecule has 0 radical (unpaired) electrons. The van der Waals surface area contributed by atoms with E-state index in [2.05, 4.69) is 49.4 Å². The van der Waals surface area contributed by atoms with Crippen molar-refractivity contribution in [2.75, 3.05) is 0 Å². The summed E-state index contributed by atoms with van der Waals surface area (Å²) in [6, 6.07) is 8.90. The smallest absolute Gasteiger partial charge is 1.00 e. The molecule has 2 aliphatic carbocycles. The summed E-state index contributed by atoms with van der Waals surface area (Å²) in [6.07, 6.45) is 11.2. The number of rotatable bonds is 2. The first-order valence-electron chi connectivity index (χ1n) is 6.93. The average Bonchev–Trinajstić information content (AvgIpc) is 2.70. The predicted molar refractivity (Wildman–Crippen MR) is 72.8 cm³/mol. The Morgan fingerprint density at radius 2 is 1.95 bits per heavy atom. The second-order valence-corrected chi connectivity index (χ2v) is 7.05. The van der Waals surface area contributed by atoms with Crippen LogP contribution < -0.4 is 24.8 Å². The maximum atomic E-state index is 2.46. The van der Waals surface area contributed by atoms with Gasteiger partial charge in [-0.1, -0.05) is 0 Å². The summed E-state index contributed by atoms with van der Waals surface area (Å²) in [7, 11) is 0. The minimum absolute atomic E-state index is 0. The fraction of sp³-hybridized carbons (Fsp3) is 0.412. The van der Waals surface area contributed by atoms with Crippen LogP contribution in [0.4, 0.5) is 0 Å². The largest absolute Gasteiger partial charge is 1.00 e. The standard InChI is InChI=1S/C17H19.2ClH.Zr/c1-13-6-2-3-7-15(13)10-14-11-16-8-4-5-9-17(16)12-14;;;/h3-5,7-9,11-13,15H,2,6,10H2,1H3;2*1H;/q;;;+2/p-2. The van der Waals surface area contributed by atoms with Crippen LogP contribution in [0.15, 0.2) is 42.0 Å². The van der Waals surface area contributed by atoms with Gasteiger partial charge in [0.1, 0.15) is 0 Å². The molecule has 0 N–H and O–H groups in total. The van der Waals surface area contributed by atoms with E-state index in [1.165, 1.54) is 24.8 Å². The molecule has 0 aliphatic heterocycles. The molecule has 3 unspecified atom stereocenters. The second-order valence-electron chi connectivity index (χ2n) is 5.63. The first-order chi connectivity index (χ1) is 8.75. The van der Waals surface area contributed by atoms with Gasteiger partial charge < -0.3 is 24.8 Å². The molecule has 0 amide bonds. The number of hydrogen-bond donors (Lipinski definition) is 0. The summed E-state index contributed by atoms with van der Waals surface area (Å²) in [6.45, 7) is 2.41. The zero-order valence-electron chi connectivity index (χ0n) is 11.7. The summed E-state index contributed by atoms with van der Waals surface area (Å²) in [5, 5.41) is 0. The number of allylic oxidation sites excluding steroid dienone is 3. The fourth-order valence-corrected chi connectivity index (χ4v) is 4.28. The average molecular weight is 385 g/mol. The van der Waals surface area contributed by atoms with E-state index in [9.17, 15) is 0 Å². The molecule has 0 saturated carbocycles. The minimum Gasteiger partial charge on any atom is -1.00 e. The van der Waals surface area contributed by atoms with E-state index < -0.39 is 0 Å². The van der Waals surface area contributed by atoms with Crippen LogP contribution in [-0.2, 0) is 24.7 Å². The molecule has 3 rings (SSSR count). The Hall–Kier alpha value is 0.163. The van der Waals surface area contributed by atoms with Gasteiger partial charge in [-0.05, 0) is 0 Å². The first kappa shape index (κ1) is 18.2. The SMILES string of the molecule is CC1CCC=CC1CC1=Cc2ccccc2[CH]1[Zr+2].[Cl-].[Cl-]. The van der Waals surface area contributed by atoms with Crippen molar-refractivity contribution in [3.63, 3.8) is 0 Å². The number of hydrogen-bond acceptors (Lipinski definition) is 0. The van der Waals surface area contributed by atoms with Gasteiger partial charge in [0.2, 0.25) is 0 Å². The zero-order chi connectivity index (χ0) is 12.5. The Kier molecular flexibility index (Phi) is 7.26. The predicted octanol–water partition coefficient (Wildman–Crippen LogP) is -1.33. The van der Waals surface area contributed by atoms with E-state index in [1.807, 2.05) is 0 Å². The zero-order valence-corrected chi connectivity index (χ0v) is 15.6. The third-order valence-corrected chi connectivity index (χ3v) is 6.07. The van der Waals surface area contributed by atoms with Crippen molar-refractivity contribution in [3.05, 3.63) is 53.1 Å². The topological polar surface area (TPSA) is 0 Å². The number of halogens is 2. The third kappa shape index (κ3) is 3.67. The van der Waals surface area contributed by atoms with Crippen molar-refractivity contribution in [3.8, 4) is 0 Å². The molecule has 2 aliphatic rings. The van der Waals surface area contributed by atoms with Crippen LogP contribution in [0.3, 0.4) is 0 Å². The fourth-order valence-electron chi connectivity index (χ4n) is 3.14.